The maximum absolute atomic E-state index is 14.1. The maximum Gasteiger partial charge on any atom is 0.488 e. The Morgan fingerprint density at radius 1 is 1.05 bits per heavy atom. The van der Waals surface area contributed by atoms with Gasteiger partial charge >= 0.3 is 7.12 Å². The van der Waals surface area contributed by atoms with E-state index in [-0.39, 0.29) is 40.9 Å². The lowest BCUT2D eigenvalue weighted by molar-refractivity contribution is -0.138. The standard InChI is InChI=1S/C28H24BBrCl2N2O8/c1-42-20-8-5-13(9-19(20)35)22-16-6-7-17-21(18(16)11-27(31)25(38)33(12-30)26(39)28(22,27)32)24(37)34(23(17)36)15-4-2-3-14(10-15)29(40)41/h2-6,8-10,17-18,21-22,35,40-41H,7,11-12H2,1H3/t17-,18+,21-,22-,27+,28-/m0/s1. The molecular formula is C28H24BBrCl2N2O8. The van der Waals surface area contributed by atoms with E-state index in [1.54, 1.807) is 12.1 Å². The molecule has 2 aliphatic heterocycles. The van der Waals surface area contributed by atoms with Crippen molar-refractivity contribution in [3.05, 3.63) is 59.7 Å². The lowest BCUT2D eigenvalue weighted by atomic mass is 9.56. The third kappa shape index (κ3) is 3.78. The van der Waals surface area contributed by atoms with Crippen LogP contribution in [0.4, 0.5) is 5.69 Å². The fourth-order valence-electron chi connectivity index (χ4n) is 7.09. The molecule has 218 valence electrons. The fraction of sp³-hybridized carbons (Fsp3) is 0.357. The number of carbonyl (C=O) groups excluding carboxylic acids is 4. The van der Waals surface area contributed by atoms with Crippen LogP contribution in [-0.4, -0.2) is 73.1 Å². The van der Waals surface area contributed by atoms with Gasteiger partial charge in [-0.05, 0) is 54.1 Å². The molecular weight excluding hydrogens is 654 g/mol. The number of carbonyl (C=O) groups is 4. The lowest BCUT2D eigenvalue weighted by Crippen LogP contribution is -2.60. The van der Waals surface area contributed by atoms with E-state index in [9.17, 15) is 34.3 Å². The number of hydrogen-bond acceptors (Lipinski definition) is 8. The van der Waals surface area contributed by atoms with Gasteiger partial charge < -0.3 is 19.9 Å². The fourth-order valence-corrected chi connectivity index (χ4v) is 8.52. The first-order valence-corrected chi connectivity index (χ1v) is 15.0. The van der Waals surface area contributed by atoms with E-state index in [4.69, 9.17) is 27.9 Å². The van der Waals surface area contributed by atoms with Gasteiger partial charge in [0.2, 0.25) is 11.8 Å². The van der Waals surface area contributed by atoms with Crippen LogP contribution in [0.15, 0.2) is 54.1 Å². The Labute approximate surface area is 259 Å². The Balaban J connectivity index is 1.50. The first kappa shape index (κ1) is 29.2. The minimum Gasteiger partial charge on any atom is -0.504 e. The predicted octanol–water partition coefficient (Wildman–Crippen LogP) is 2.00. The van der Waals surface area contributed by atoms with Crippen molar-refractivity contribution in [2.45, 2.75) is 28.5 Å². The highest BCUT2D eigenvalue weighted by atomic mass is 79.9. The van der Waals surface area contributed by atoms with Gasteiger partial charge in [0.05, 0.1) is 30.1 Å². The Bertz CT molecular complexity index is 1590. The topological polar surface area (TPSA) is 145 Å². The summed E-state index contributed by atoms with van der Waals surface area (Å²) in [4.78, 5) is 53.3. The molecule has 6 rings (SSSR count). The summed E-state index contributed by atoms with van der Waals surface area (Å²) in [7, 11) is -0.412. The molecule has 0 unspecified atom stereocenters. The molecule has 2 heterocycles. The zero-order valence-corrected chi connectivity index (χ0v) is 25.1. The predicted molar refractivity (Wildman–Crippen MR) is 157 cm³/mol. The Morgan fingerprint density at radius 2 is 1.79 bits per heavy atom. The van der Waals surface area contributed by atoms with E-state index in [2.05, 4.69) is 15.9 Å². The van der Waals surface area contributed by atoms with Crippen LogP contribution in [0.2, 0.25) is 0 Å². The number of benzene rings is 2. The van der Waals surface area contributed by atoms with Crippen molar-refractivity contribution in [3.8, 4) is 11.5 Å². The number of imide groups is 2. The summed E-state index contributed by atoms with van der Waals surface area (Å²) >= 11 is 17.6. The van der Waals surface area contributed by atoms with Crippen LogP contribution in [0.5, 0.6) is 11.5 Å². The van der Waals surface area contributed by atoms with Crippen molar-refractivity contribution in [1.29, 1.82) is 0 Å². The highest BCUT2D eigenvalue weighted by Gasteiger charge is 2.76. The van der Waals surface area contributed by atoms with E-state index in [0.717, 1.165) is 9.80 Å². The number of methoxy groups -OCH3 is 1. The zero-order chi connectivity index (χ0) is 30.3. The molecule has 10 nitrogen and oxygen atoms in total. The summed E-state index contributed by atoms with van der Waals surface area (Å²) < 4.78 is 5.18. The second kappa shape index (κ2) is 10.1. The number of alkyl halides is 3. The molecule has 0 bridgehead atoms. The molecule has 42 heavy (non-hydrogen) atoms. The van der Waals surface area contributed by atoms with Gasteiger partial charge in [0.15, 0.2) is 21.2 Å². The number of halogens is 3. The van der Waals surface area contributed by atoms with Gasteiger partial charge in [-0.1, -0.05) is 45.8 Å². The van der Waals surface area contributed by atoms with Crippen LogP contribution >= 0.6 is 39.1 Å². The number of rotatable bonds is 5. The number of phenolic OH excluding ortho intramolecular Hbond substituents is 1. The average molecular weight is 678 g/mol. The van der Waals surface area contributed by atoms with Crippen molar-refractivity contribution < 1.29 is 39.1 Å². The van der Waals surface area contributed by atoms with E-state index in [1.165, 1.54) is 43.5 Å². The van der Waals surface area contributed by atoms with Gasteiger partial charge in [-0.25, -0.2) is 0 Å². The van der Waals surface area contributed by atoms with Gasteiger partial charge in [0.1, 0.15) is 0 Å². The van der Waals surface area contributed by atoms with Crippen LogP contribution < -0.4 is 15.1 Å². The molecule has 0 spiro atoms. The van der Waals surface area contributed by atoms with Crippen LogP contribution in [-0.2, 0) is 19.2 Å². The number of likely N-dealkylation sites (tertiary alicyclic amines) is 1. The number of ether oxygens (including phenoxy) is 1. The highest BCUT2D eigenvalue weighted by Crippen LogP contribution is 2.65. The second-order valence-electron chi connectivity index (χ2n) is 10.9. The van der Waals surface area contributed by atoms with Crippen LogP contribution in [0.3, 0.4) is 0 Å². The van der Waals surface area contributed by atoms with Gasteiger partial charge in [-0.2, -0.15) is 0 Å². The van der Waals surface area contributed by atoms with E-state index < -0.39 is 64.2 Å². The van der Waals surface area contributed by atoms with Crippen LogP contribution in [0.25, 0.3) is 0 Å². The number of aromatic hydroxyl groups is 1. The summed E-state index contributed by atoms with van der Waals surface area (Å²) in [6.45, 7) is 0. The minimum absolute atomic E-state index is 0.107. The van der Waals surface area contributed by atoms with E-state index in [1.807, 2.05) is 0 Å². The molecule has 2 saturated heterocycles. The monoisotopic (exact) mass is 676 g/mol. The summed E-state index contributed by atoms with van der Waals surface area (Å²) in [5, 5.41) is 29.9. The summed E-state index contributed by atoms with van der Waals surface area (Å²) in [6, 6.07) is 10.4. The van der Waals surface area contributed by atoms with Crippen molar-refractivity contribution in [2.24, 2.45) is 17.8 Å². The van der Waals surface area contributed by atoms with Crippen LogP contribution in [0, 0.1) is 17.8 Å². The number of fused-ring (bicyclic) bond motifs is 4. The average Bonchev–Trinajstić information content (AvgIpc) is 3.30. The third-order valence-corrected chi connectivity index (χ3v) is 10.9. The van der Waals surface area contributed by atoms with E-state index in [0.29, 0.717) is 11.1 Å². The number of anilines is 1. The number of nitrogens with zero attached hydrogens (tertiary/aromatic N) is 2. The number of amides is 4. The molecule has 3 fully saturated rings. The first-order chi connectivity index (χ1) is 19.9. The van der Waals surface area contributed by atoms with E-state index >= 15 is 0 Å². The third-order valence-electron chi connectivity index (χ3n) is 8.98. The summed E-state index contributed by atoms with van der Waals surface area (Å²) in [6.07, 6.45) is 1.76. The Kier molecular flexibility index (Phi) is 7.01. The molecule has 4 aliphatic rings. The molecule has 0 radical (unpaired) electrons. The quantitative estimate of drug-likeness (QED) is 0.143. The Morgan fingerprint density at radius 3 is 2.43 bits per heavy atom. The largest absolute Gasteiger partial charge is 0.504 e. The van der Waals surface area contributed by atoms with Crippen molar-refractivity contribution in [1.82, 2.24) is 4.90 Å². The summed E-state index contributed by atoms with van der Waals surface area (Å²) in [5.41, 5.74) is 1.10. The molecule has 2 aliphatic carbocycles. The Hall–Kier alpha value is -2.90. The lowest BCUT2D eigenvalue weighted by Gasteiger charge is -2.50. The molecule has 2 aromatic carbocycles. The van der Waals surface area contributed by atoms with Crippen LogP contribution in [0.1, 0.15) is 24.3 Å². The highest BCUT2D eigenvalue weighted by molar-refractivity contribution is 9.09. The summed E-state index contributed by atoms with van der Waals surface area (Å²) in [5.74, 6) is -5.94. The zero-order valence-electron chi connectivity index (χ0n) is 22.0. The van der Waals surface area contributed by atoms with Crippen molar-refractivity contribution >= 4 is 81.0 Å². The minimum atomic E-state index is -1.99. The van der Waals surface area contributed by atoms with Crippen molar-refractivity contribution in [2.75, 3.05) is 17.5 Å². The number of allylic oxidation sites excluding steroid dienone is 2. The SMILES string of the molecule is COc1ccc([C@H]2C3=CC[C@@H]4C(=O)N(c5cccc(B(O)O)c5)C(=O)[C@@H]4[C@@H]3C[C@@]3(Cl)C(=O)N(CBr)C(=O)[C@@]23Cl)cc1O. The smallest absolute Gasteiger partial charge is 0.488 e. The second-order valence-corrected chi connectivity index (χ2v) is 12.6. The van der Waals surface area contributed by atoms with Gasteiger partial charge in [-0.15, -0.1) is 23.2 Å². The molecule has 0 aromatic heterocycles. The molecule has 1 saturated carbocycles. The normalized spacial score (nSPS) is 32.0. The van der Waals surface area contributed by atoms with Gasteiger partial charge in [0.25, 0.3) is 11.8 Å². The number of hydrogen-bond donors (Lipinski definition) is 3. The molecule has 4 amide bonds. The molecule has 2 aromatic rings. The molecule has 6 atom stereocenters. The first-order valence-electron chi connectivity index (χ1n) is 13.1. The maximum atomic E-state index is 14.1. The van der Waals surface area contributed by atoms with Crippen molar-refractivity contribution in [3.63, 3.8) is 0 Å². The van der Waals surface area contributed by atoms with Gasteiger partial charge in [-0.3, -0.25) is 29.0 Å². The molecule has 14 heteroatoms. The number of phenols is 1. The van der Waals surface area contributed by atoms with Gasteiger partial charge in [0, 0.05) is 5.92 Å². The molecule has 3 N–H and O–H groups in total.